The molecule has 1 aliphatic carbocycles. The van der Waals surface area contributed by atoms with E-state index in [4.69, 9.17) is 14.2 Å². The van der Waals surface area contributed by atoms with Gasteiger partial charge < -0.3 is 14.2 Å². The van der Waals surface area contributed by atoms with Crippen molar-refractivity contribution < 1.29 is 14.2 Å². The molecule has 1 saturated carbocycles. The molecule has 21 heavy (non-hydrogen) atoms. The molecule has 5 heteroatoms. The van der Waals surface area contributed by atoms with Gasteiger partial charge in [-0.15, -0.1) is 0 Å². The monoisotopic (exact) mass is 288 g/mol. The molecule has 1 aromatic rings. The van der Waals surface area contributed by atoms with Crippen molar-refractivity contribution in [3.05, 3.63) is 35.9 Å². The Kier molecular flexibility index (Phi) is 3.10. The fourth-order valence-corrected chi connectivity index (χ4v) is 3.59. The Hall–Kier alpha value is -1.30. The van der Waals surface area contributed by atoms with Crippen molar-refractivity contribution in [2.24, 2.45) is 16.1 Å². The molecule has 0 bridgehead atoms. The molecule has 5 nitrogen and oxygen atoms in total. The fourth-order valence-electron chi connectivity index (χ4n) is 3.59. The molecule has 0 N–H and O–H groups in total. The van der Waals surface area contributed by atoms with Gasteiger partial charge in [0.1, 0.15) is 18.2 Å². The molecule has 112 valence electrons. The minimum atomic E-state index is -0.544. The number of hydrogen-bond donors (Lipinski definition) is 0. The first-order valence-corrected chi connectivity index (χ1v) is 7.52. The van der Waals surface area contributed by atoms with Crippen molar-refractivity contribution in [3.63, 3.8) is 0 Å². The van der Waals surface area contributed by atoms with Gasteiger partial charge in [-0.1, -0.05) is 30.3 Å². The van der Waals surface area contributed by atoms with E-state index in [2.05, 4.69) is 22.4 Å². The maximum absolute atomic E-state index is 6.15. The van der Waals surface area contributed by atoms with Gasteiger partial charge in [0.05, 0.1) is 19.3 Å². The Bertz CT molecular complexity index is 546. The SMILES string of the molecule is CC1(C)O[C@H]2[C@@H](O1)[C@H]1CN=N[C@H]1[C@@H]2OCc1ccccc1. The average Bonchev–Trinajstić information content (AvgIpc) is 3.09. The third kappa shape index (κ3) is 2.29. The molecule has 1 saturated heterocycles. The van der Waals surface area contributed by atoms with Crippen molar-refractivity contribution in [2.75, 3.05) is 6.54 Å². The van der Waals surface area contributed by atoms with E-state index in [0.29, 0.717) is 6.61 Å². The van der Waals surface area contributed by atoms with Crippen molar-refractivity contribution in [2.45, 2.75) is 50.6 Å². The summed E-state index contributed by atoms with van der Waals surface area (Å²) in [6.45, 7) is 5.20. The van der Waals surface area contributed by atoms with E-state index in [0.717, 1.165) is 12.1 Å². The lowest BCUT2D eigenvalue weighted by molar-refractivity contribution is -0.173. The van der Waals surface area contributed by atoms with Gasteiger partial charge in [-0.3, -0.25) is 0 Å². The molecule has 5 atom stereocenters. The van der Waals surface area contributed by atoms with Crippen LogP contribution in [0.2, 0.25) is 0 Å². The average molecular weight is 288 g/mol. The van der Waals surface area contributed by atoms with Gasteiger partial charge in [0, 0.05) is 5.92 Å². The summed E-state index contributed by atoms with van der Waals surface area (Å²) in [5.74, 6) is -0.255. The molecular formula is C16H20N2O3. The van der Waals surface area contributed by atoms with E-state index in [1.54, 1.807) is 0 Å². The Labute approximate surface area is 124 Å². The smallest absolute Gasteiger partial charge is 0.163 e. The first kappa shape index (κ1) is 13.4. The van der Waals surface area contributed by atoms with Gasteiger partial charge >= 0.3 is 0 Å². The van der Waals surface area contributed by atoms with Gasteiger partial charge in [-0.25, -0.2) is 0 Å². The lowest BCUT2D eigenvalue weighted by atomic mass is 10.0. The van der Waals surface area contributed by atoms with Gasteiger partial charge in [0.2, 0.25) is 0 Å². The summed E-state index contributed by atoms with van der Waals surface area (Å²) in [7, 11) is 0. The van der Waals surface area contributed by atoms with E-state index < -0.39 is 5.79 Å². The molecule has 0 radical (unpaired) electrons. The predicted molar refractivity (Wildman–Crippen MR) is 75.8 cm³/mol. The van der Waals surface area contributed by atoms with Gasteiger partial charge in [-0.05, 0) is 19.4 Å². The molecule has 2 heterocycles. The molecule has 0 unspecified atom stereocenters. The second-order valence-corrected chi connectivity index (χ2v) is 6.42. The van der Waals surface area contributed by atoms with Crippen LogP contribution in [0, 0.1) is 5.92 Å². The number of rotatable bonds is 3. The molecule has 2 aliphatic heterocycles. The lowest BCUT2D eigenvalue weighted by Crippen LogP contribution is -2.36. The second kappa shape index (κ2) is 4.87. The number of ether oxygens (including phenoxy) is 3. The van der Waals surface area contributed by atoms with E-state index in [1.165, 1.54) is 0 Å². The highest BCUT2D eigenvalue weighted by atomic mass is 16.8. The number of nitrogens with zero attached hydrogens (tertiary/aromatic N) is 2. The van der Waals surface area contributed by atoms with Crippen molar-refractivity contribution in [1.82, 2.24) is 0 Å². The number of hydrogen-bond acceptors (Lipinski definition) is 5. The largest absolute Gasteiger partial charge is 0.368 e. The molecule has 4 rings (SSSR count). The zero-order chi connectivity index (χ0) is 14.4. The summed E-state index contributed by atoms with van der Waals surface area (Å²) >= 11 is 0. The third-order valence-corrected chi connectivity index (χ3v) is 4.48. The zero-order valence-electron chi connectivity index (χ0n) is 12.3. The highest BCUT2D eigenvalue weighted by Gasteiger charge is 2.61. The van der Waals surface area contributed by atoms with Crippen LogP contribution < -0.4 is 0 Å². The molecule has 3 aliphatic rings. The van der Waals surface area contributed by atoms with Crippen LogP contribution in [0.5, 0.6) is 0 Å². The summed E-state index contributed by atoms with van der Waals surface area (Å²) in [4.78, 5) is 0. The third-order valence-electron chi connectivity index (χ3n) is 4.48. The Morgan fingerprint density at radius 3 is 2.76 bits per heavy atom. The Balaban J connectivity index is 1.51. The number of fused-ring (bicyclic) bond motifs is 3. The first-order chi connectivity index (χ1) is 10.1. The van der Waals surface area contributed by atoms with Crippen molar-refractivity contribution in [1.29, 1.82) is 0 Å². The normalized spacial score (nSPS) is 39.4. The van der Waals surface area contributed by atoms with Crippen molar-refractivity contribution >= 4 is 0 Å². The molecule has 0 amide bonds. The van der Waals surface area contributed by atoms with E-state index in [9.17, 15) is 0 Å². The molecule has 2 fully saturated rings. The number of azo groups is 1. The van der Waals surface area contributed by atoms with E-state index in [-0.39, 0.29) is 30.3 Å². The minimum absolute atomic E-state index is 0.0424. The first-order valence-electron chi connectivity index (χ1n) is 7.52. The van der Waals surface area contributed by atoms with E-state index >= 15 is 0 Å². The Morgan fingerprint density at radius 1 is 1.19 bits per heavy atom. The summed E-state index contributed by atoms with van der Waals surface area (Å²) in [6.07, 6.45) is -0.0769. The van der Waals surface area contributed by atoms with Crippen LogP contribution in [0.3, 0.4) is 0 Å². The van der Waals surface area contributed by atoms with Crippen LogP contribution >= 0.6 is 0 Å². The standard InChI is InChI=1S/C16H20N2O3/c1-16(2)20-13-11-8-17-18-12(11)14(15(13)21-16)19-9-10-6-4-3-5-7-10/h3-7,11-15H,8-9H2,1-2H3/t11-,12+,13-,14-,15-/m0/s1. The van der Waals surface area contributed by atoms with Gasteiger partial charge in [0.25, 0.3) is 0 Å². The maximum Gasteiger partial charge on any atom is 0.163 e. The second-order valence-electron chi connectivity index (χ2n) is 6.42. The highest BCUT2D eigenvalue weighted by Crippen LogP contribution is 2.46. The topological polar surface area (TPSA) is 52.4 Å². The van der Waals surface area contributed by atoms with Crippen LogP contribution in [-0.2, 0) is 20.8 Å². The molecule has 0 aromatic heterocycles. The van der Waals surface area contributed by atoms with Crippen LogP contribution in [0.15, 0.2) is 40.6 Å². The maximum atomic E-state index is 6.15. The zero-order valence-corrected chi connectivity index (χ0v) is 12.3. The van der Waals surface area contributed by atoms with E-state index in [1.807, 2.05) is 32.0 Å². The summed E-state index contributed by atoms with van der Waals surface area (Å²) in [5, 5.41) is 8.55. The quantitative estimate of drug-likeness (QED) is 0.859. The number of benzene rings is 1. The molecular weight excluding hydrogens is 268 g/mol. The lowest BCUT2D eigenvalue weighted by Gasteiger charge is -2.25. The summed E-state index contributed by atoms with van der Waals surface area (Å²) < 4.78 is 18.3. The predicted octanol–water partition coefficient (Wildman–Crippen LogP) is 2.56. The van der Waals surface area contributed by atoms with Gasteiger partial charge in [0.15, 0.2) is 5.79 Å². The molecule has 1 aromatic carbocycles. The minimum Gasteiger partial charge on any atom is -0.368 e. The fraction of sp³-hybridized carbons (Fsp3) is 0.625. The Morgan fingerprint density at radius 2 is 1.95 bits per heavy atom. The van der Waals surface area contributed by atoms with Crippen LogP contribution in [0.4, 0.5) is 0 Å². The summed E-state index contributed by atoms with van der Waals surface area (Å²) in [5.41, 5.74) is 1.16. The van der Waals surface area contributed by atoms with Crippen LogP contribution in [-0.4, -0.2) is 36.7 Å². The van der Waals surface area contributed by atoms with Crippen LogP contribution in [0.1, 0.15) is 19.4 Å². The highest BCUT2D eigenvalue weighted by molar-refractivity contribution is 5.14. The van der Waals surface area contributed by atoms with Crippen molar-refractivity contribution in [3.8, 4) is 0 Å². The molecule has 0 spiro atoms. The summed E-state index contributed by atoms with van der Waals surface area (Å²) in [6, 6.07) is 10.2. The van der Waals surface area contributed by atoms with Crippen LogP contribution in [0.25, 0.3) is 0 Å². The van der Waals surface area contributed by atoms with Gasteiger partial charge in [-0.2, -0.15) is 10.2 Å².